The predicted molar refractivity (Wildman–Crippen MR) is 88.2 cm³/mol. The first kappa shape index (κ1) is 13.9. The second-order valence-electron chi connectivity index (χ2n) is 5.99. The molecule has 1 heterocycles. The Morgan fingerprint density at radius 2 is 1.91 bits per heavy atom. The number of aryl methyl sites for hydroxylation is 1. The molecule has 0 saturated heterocycles. The average Bonchev–Trinajstić information content (AvgIpc) is 3.15. The van der Waals surface area contributed by atoms with E-state index in [1.807, 2.05) is 6.07 Å². The molecule has 0 radical (unpaired) electrons. The molecule has 2 aromatic carbocycles. The fourth-order valence-electron chi connectivity index (χ4n) is 3.31. The minimum absolute atomic E-state index is 0.0211. The normalized spacial score (nSPS) is 16.8. The third-order valence-corrected chi connectivity index (χ3v) is 4.56. The molecular weight excluding hydrogens is 286 g/mol. The van der Waals surface area contributed by atoms with Crippen LogP contribution in [0.25, 0.3) is 11.1 Å². The van der Waals surface area contributed by atoms with E-state index < -0.39 is 0 Å². The van der Waals surface area contributed by atoms with E-state index in [0.29, 0.717) is 0 Å². The lowest BCUT2D eigenvalue weighted by molar-refractivity contribution is 0.0873. The molecular formula is C20H17NO2. The van der Waals surface area contributed by atoms with Crippen LogP contribution in [0.2, 0.25) is 0 Å². The summed E-state index contributed by atoms with van der Waals surface area (Å²) in [4.78, 5) is 16.4. The first-order chi connectivity index (χ1) is 11.3. The van der Waals surface area contributed by atoms with Crippen LogP contribution in [0, 0.1) is 5.92 Å². The number of Topliss-reactive ketones (excluding diaryl/α,β-unsaturated/α-hetero) is 1. The number of nitrogens with zero attached hydrogens (tertiary/aromatic N) is 1. The van der Waals surface area contributed by atoms with Gasteiger partial charge in [-0.3, -0.25) is 4.79 Å². The SMILES string of the molecule is O=C(c1ncco1)[C@@H]1CCc2cc(-c3ccccc3)ccc2C1. The number of benzene rings is 2. The van der Waals surface area contributed by atoms with Crippen molar-refractivity contribution in [3.05, 3.63) is 78.0 Å². The van der Waals surface area contributed by atoms with Crippen LogP contribution in [-0.2, 0) is 12.8 Å². The van der Waals surface area contributed by atoms with Crippen molar-refractivity contribution in [2.75, 3.05) is 0 Å². The van der Waals surface area contributed by atoms with Crippen LogP contribution >= 0.6 is 0 Å². The smallest absolute Gasteiger partial charge is 0.263 e. The van der Waals surface area contributed by atoms with E-state index in [4.69, 9.17) is 4.42 Å². The Balaban J connectivity index is 1.58. The molecule has 1 aromatic heterocycles. The molecule has 0 aliphatic heterocycles. The van der Waals surface area contributed by atoms with Gasteiger partial charge >= 0.3 is 0 Å². The van der Waals surface area contributed by atoms with Gasteiger partial charge in [0.05, 0.1) is 6.20 Å². The van der Waals surface area contributed by atoms with Gasteiger partial charge in [-0.05, 0) is 41.5 Å². The molecule has 4 rings (SSSR count). The number of rotatable bonds is 3. The Bertz CT molecular complexity index is 822. The maximum absolute atomic E-state index is 12.4. The molecule has 1 aliphatic rings. The molecule has 3 nitrogen and oxygen atoms in total. The summed E-state index contributed by atoms with van der Waals surface area (Å²) in [6, 6.07) is 17.0. The second-order valence-corrected chi connectivity index (χ2v) is 5.99. The molecule has 0 spiro atoms. The highest BCUT2D eigenvalue weighted by Crippen LogP contribution is 2.31. The number of ketones is 1. The van der Waals surface area contributed by atoms with Crippen LogP contribution in [-0.4, -0.2) is 10.8 Å². The zero-order valence-corrected chi connectivity index (χ0v) is 12.7. The molecule has 1 aliphatic carbocycles. The highest BCUT2D eigenvalue weighted by atomic mass is 16.3. The molecule has 0 amide bonds. The van der Waals surface area contributed by atoms with Crippen molar-refractivity contribution in [3.8, 4) is 11.1 Å². The molecule has 0 N–H and O–H groups in total. The van der Waals surface area contributed by atoms with E-state index in [1.165, 1.54) is 34.7 Å². The quantitative estimate of drug-likeness (QED) is 0.676. The number of oxazole rings is 1. The summed E-state index contributed by atoms with van der Waals surface area (Å²) in [5.41, 5.74) is 5.08. The zero-order valence-electron chi connectivity index (χ0n) is 12.7. The van der Waals surface area contributed by atoms with Crippen molar-refractivity contribution in [2.24, 2.45) is 5.92 Å². The topological polar surface area (TPSA) is 43.1 Å². The van der Waals surface area contributed by atoms with Gasteiger partial charge in [-0.25, -0.2) is 4.98 Å². The Hall–Kier alpha value is -2.68. The summed E-state index contributed by atoms with van der Waals surface area (Å²) in [5, 5.41) is 0. The predicted octanol–water partition coefficient (Wildman–Crippen LogP) is 4.33. The summed E-state index contributed by atoms with van der Waals surface area (Å²) < 4.78 is 5.15. The lowest BCUT2D eigenvalue weighted by Crippen LogP contribution is -2.23. The maximum atomic E-state index is 12.4. The van der Waals surface area contributed by atoms with Crippen molar-refractivity contribution in [1.29, 1.82) is 0 Å². The van der Waals surface area contributed by atoms with Crippen LogP contribution < -0.4 is 0 Å². The van der Waals surface area contributed by atoms with Crippen LogP contribution in [0.3, 0.4) is 0 Å². The van der Waals surface area contributed by atoms with Crippen molar-refractivity contribution in [1.82, 2.24) is 4.98 Å². The van der Waals surface area contributed by atoms with Gasteiger partial charge in [0.15, 0.2) is 0 Å². The highest BCUT2D eigenvalue weighted by molar-refractivity contribution is 5.94. The first-order valence-corrected chi connectivity index (χ1v) is 7.92. The average molecular weight is 303 g/mol. The van der Waals surface area contributed by atoms with Gasteiger partial charge in [0.1, 0.15) is 6.26 Å². The van der Waals surface area contributed by atoms with Crippen LogP contribution in [0.4, 0.5) is 0 Å². The molecule has 0 unspecified atom stereocenters. The van der Waals surface area contributed by atoms with Gasteiger partial charge < -0.3 is 4.42 Å². The molecule has 0 bridgehead atoms. The fraction of sp³-hybridized carbons (Fsp3) is 0.200. The fourth-order valence-corrected chi connectivity index (χ4v) is 3.31. The molecule has 0 fully saturated rings. The number of carbonyl (C=O) groups is 1. The van der Waals surface area contributed by atoms with Crippen molar-refractivity contribution < 1.29 is 9.21 Å². The number of carbonyl (C=O) groups excluding carboxylic acids is 1. The van der Waals surface area contributed by atoms with Crippen molar-refractivity contribution >= 4 is 5.78 Å². The van der Waals surface area contributed by atoms with E-state index in [9.17, 15) is 4.79 Å². The summed E-state index contributed by atoms with van der Waals surface area (Å²) >= 11 is 0. The van der Waals surface area contributed by atoms with E-state index >= 15 is 0 Å². The van der Waals surface area contributed by atoms with Crippen LogP contribution in [0.1, 0.15) is 28.2 Å². The van der Waals surface area contributed by atoms with E-state index in [2.05, 4.69) is 47.4 Å². The molecule has 0 saturated carbocycles. The van der Waals surface area contributed by atoms with Gasteiger partial charge in [0.25, 0.3) is 5.89 Å². The summed E-state index contributed by atoms with van der Waals surface area (Å²) in [6.07, 6.45) is 5.53. The van der Waals surface area contributed by atoms with Gasteiger partial charge in [-0.15, -0.1) is 0 Å². The lowest BCUT2D eigenvalue weighted by Gasteiger charge is -2.23. The molecule has 3 heteroatoms. The summed E-state index contributed by atoms with van der Waals surface area (Å²) in [5.74, 6) is 0.232. The number of hydrogen-bond donors (Lipinski definition) is 0. The van der Waals surface area contributed by atoms with Gasteiger partial charge in [-0.1, -0.05) is 48.5 Å². The first-order valence-electron chi connectivity index (χ1n) is 7.92. The maximum Gasteiger partial charge on any atom is 0.263 e. The Morgan fingerprint density at radius 3 is 2.70 bits per heavy atom. The van der Waals surface area contributed by atoms with E-state index in [0.717, 1.165) is 19.3 Å². The van der Waals surface area contributed by atoms with Crippen LogP contribution in [0.5, 0.6) is 0 Å². The Morgan fingerprint density at radius 1 is 1.04 bits per heavy atom. The van der Waals surface area contributed by atoms with Crippen molar-refractivity contribution in [3.63, 3.8) is 0 Å². The number of fused-ring (bicyclic) bond motifs is 1. The van der Waals surface area contributed by atoms with Gasteiger partial charge in [0.2, 0.25) is 5.78 Å². The highest BCUT2D eigenvalue weighted by Gasteiger charge is 2.28. The largest absolute Gasteiger partial charge is 0.442 e. The van der Waals surface area contributed by atoms with Gasteiger partial charge in [-0.2, -0.15) is 0 Å². The number of aromatic nitrogens is 1. The third-order valence-electron chi connectivity index (χ3n) is 4.56. The third kappa shape index (κ3) is 2.70. The minimum atomic E-state index is -0.0243. The van der Waals surface area contributed by atoms with E-state index in [1.54, 1.807) is 0 Å². The lowest BCUT2D eigenvalue weighted by atomic mass is 9.80. The van der Waals surface area contributed by atoms with E-state index in [-0.39, 0.29) is 17.6 Å². The summed E-state index contributed by atoms with van der Waals surface area (Å²) in [6.45, 7) is 0. The Kier molecular flexibility index (Phi) is 3.54. The molecule has 114 valence electrons. The monoisotopic (exact) mass is 303 g/mol. The Labute approximate surface area is 135 Å². The van der Waals surface area contributed by atoms with Crippen LogP contribution in [0.15, 0.2) is 65.4 Å². The molecule has 23 heavy (non-hydrogen) atoms. The molecule has 1 atom stereocenters. The van der Waals surface area contributed by atoms with Crippen molar-refractivity contribution in [2.45, 2.75) is 19.3 Å². The zero-order chi connectivity index (χ0) is 15.6. The standard InChI is InChI=1S/C20H17NO2/c22-19(20-21-10-11-23-20)18-9-8-16-12-15(6-7-17(16)13-18)14-4-2-1-3-5-14/h1-7,10-12,18H,8-9,13H2/t18-/m1/s1. The molecule has 3 aromatic rings. The summed E-state index contributed by atoms with van der Waals surface area (Å²) in [7, 11) is 0. The number of hydrogen-bond acceptors (Lipinski definition) is 3. The second kappa shape index (κ2) is 5.84. The van der Waals surface area contributed by atoms with Gasteiger partial charge in [0, 0.05) is 5.92 Å². The minimum Gasteiger partial charge on any atom is -0.442 e.